The molecule has 1 aromatic rings. The third-order valence-electron chi connectivity index (χ3n) is 2.33. The van der Waals surface area contributed by atoms with Crippen molar-refractivity contribution in [1.29, 1.82) is 0 Å². The molecule has 0 amide bonds. The molecule has 1 aromatic heterocycles. The van der Waals surface area contributed by atoms with Gasteiger partial charge in [-0.3, -0.25) is 0 Å². The number of thiophene rings is 1. The van der Waals surface area contributed by atoms with Crippen molar-refractivity contribution < 1.29 is 5.11 Å². The van der Waals surface area contributed by atoms with Gasteiger partial charge in [-0.05, 0) is 30.8 Å². The van der Waals surface area contributed by atoms with Crippen LogP contribution in [0.3, 0.4) is 0 Å². The second-order valence-electron chi connectivity index (χ2n) is 3.61. The molecule has 0 aliphatic carbocycles. The number of nitrogen functional groups attached to an aromatic ring is 1. The lowest BCUT2D eigenvalue weighted by Gasteiger charge is -2.03. The summed E-state index contributed by atoms with van der Waals surface area (Å²) in [5, 5.41) is 14.0. The van der Waals surface area contributed by atoms with E-state index in [0.717, 1.165) is 31.6 Å². The van der Waals surface area contributed by atoms with Crippen LogP contribution in [0.5, 0.6) is 0 Å². The average molecular weight is 228 g/mol. The smallest absolute Gasteiger partial charge is 0.0468 e. The van der Waals surface area contributed by atoms with Crippen molar-refractivity contribution in [2.45, 2.75) is 32.2 Å². The molecule has 0 saturated heterocycles. The molecule has 0 atom stereocenters. The van der Waals surface area contributed by atoms with Gasteiger partial charge in [0.05, 0.1) is 0 Å². The number of nitrogens with one attached hydrogen (secondary N) is 1. The molecular formula is C11H20N2OS. The molecule has 0 radical (unpaired) electrons. The highest BCUT2D eigenvalue weighted by Crippen LogP contribution is 2.17. The summed E-state index contributed by atoms with van der Waals surface area (Å²) in [5.74, 6) is 0. The van der Waals surface area contributed by atoms with E-state index in [-0.39, 0.29) is 0 Å². The molecule has 1 heterocycles. The fourth-order valence-corrected chi connectivity index (χ4v) is 2.18. The van der Waals surface area contributed by atoms with E-state index in [9.17, 15) is 0 Å². The fourth-order valence-electron chi connectivity index (χ4n) is 1.41. The predicted octanol–water partition coefficient (Wildman–Crippen LogP) is 1.97. The molecule has 4 heteroatoms. The van der Waals surface area contributed by atoms with Gasteiger partial charge in [0.15, 0.2) is 0 Å². The number of hydrogen-bond donors (Lipinski definition) is 3. The number of aliphatic hydroxyl groups excluding tert-OH is 1. The normalized spacial score (nSPS) is 10.7. The fraction of sp³-hybridized carbons (Fsp3) is 0.636. The van der Waals surface area contributed by atoms with Gasteiger partial charge in [0.25, 0.3) is 0 Å². The van der Waals surface area contributed by atoms with Crippen LogP contribution in [0.1, 0.15) is 30.6 Å². The summed E-state index contributed by atoms with van der Waals surface area (Å²) in [6.45, 7) is 2.23. The number of hydrogen-bond acceptors (Lipinski definition) is 4. The minimum atomic E-state index is 0.319. The monoisotopic (exact) mass is 228 g/mol. The minimum absolute atomic E-state index is 0.319. The Hall–Kier alpha value is -0.580. The summed E-state index contributed by atoms with van der Waals surface area (Å²) in [5.41, 5.74) is 6.66. The van der Waals surface area contributed by atoms with Gasteiger partial charge in [0.2, 0.25) is 0 Å². The maximum atomic E-state index is 8.60. The van der Waals surface area contributed by atoms with E-state index in [1.807, 2.05) is 11.4 Å². The second kappa shape index (κ2) is 7.68. The minimum Gasteiger partial charge on any atom is -0.398 e. The Kier molecular flexibility index (Phi) is 6.39. The zero-order valence-corrected chi connectivity index (χ0v) is 9.85. The Morgan fingerprint density at radius 1 is 1.27 bits per heavy atom. The van der Waals surface area contributed by atoms with Crippen LogP contribution in [0, 0.1) is 0 Å². The van der Waals surface area contributed by atoms with E-state index in [2.05, 4.69) is 5.32 Å². The molecular weight excluding hydrogens is 208 g/mol. The van der Waals surface area contributed by atoms with Gasteiger partial charge in [-0.2, -0.15) is 0 Å². The number of rotatable bonds is 8. The molecule has 0 fully saturated rings. The maximum absolute atomic E-state index is 8.60. The van der Waals surface area contributed by atoms with Crippen LogP contribution in [0.15, 0.2) is 11.4 Å². The lowest BCUT2D eigenvalue weighted by molar-refractivity contribution is 0.282. The molecule has 0 spiro atoms. The van der Waals surface area contributed by atoms with Crippen LogP contribution in [0.4, 0.5) is 5.69 Å². The van der Waals surface area contributed by atoms with Crippen LogP contribution >= 0.6 is 11.3 Å². The first-order chi connectivity index (χ1) is 7.34. The average Bonchev–Trinajstić information content (AvgIpc) is 2.63. The molecule has 0 aromatic carbocycles. The van der Waals surface area contributed by atoms with Gasteiger partial charge in [0, 0.05) is 23.7 Å². The summed E-state index contributed by atoms with van der Waals surface area (Å²) in [6.07, 6.45) is 4.41. The number of anilines is 1. The van der Waals surface area contributed by atoms with Crippen LogP contribution in [-0.4, -0.2) is 18.3 Å². The maximum Gasteiger partial charge on any atom is 0.0468 e. The third-order valence-corrected chi connectivity index (χ3v) is 3.26. The molecule has 1 rings (SSSR count). The topological polar surface area (TPSA) is 58.3 Å². The van der Waals surface area contributed by atoms with Crippen molar-refractivity contribution in [2.75, 3.05) is 18.9 Å². The van der Waals surface area contributed by atoms with E-state index in [4.69, 9.17) is 10.8 Å². The number of aliphatic hydroxyl groups is 1. The SMILES string of the molecule is Nc1ccsc1CNCCCCCCO. The molecule has 0 bridgehead atoms. The van der Waals surface area contributed by atoms with Crippen molar-refractivity contribution in [2.24, 2.45) is 0 Å². The van der Waals surface area contributed by atoms with Crippen molar-refractivity contribution >= 4 is 17.0 Å². The molecule has 0 aliphatic rings. The quantitative estimate of drug-likeness (QED) is 0.596. The Bertz CT molecular complexity index is 263. The summed E-state index contributed by atoms with van der Waals surface area (Å²) in [4.78, 5) is 1.23. The van der Waals surface area contributed by atoms with E-state index < -0.39 is 0 Å². The lowest BCUT2D eigenvalue weighted by Crippen LogP contribution is -2.14. The molecule has 15 heavy (non-hydrogen) atoms. The first-order valence-electron chi connectivity index (χ1n) is 5.48. The van der Waals surface area contributed by atoms with Gasteiger partial charge in [-0.1, -0.05) is 12.8 Å². The van der Waals surface area contributed by atoms with Crippen molar-refractivity contribution in [3.63, 3.8) is 0 Å². The third kappa shape index (κ3) is 5.16. The first-order valence-corrected chi connectivity index (χ1v) is 6.36. The summed E-state index contributed by atoms with van der Waals surface area (Å²) >= 11 is 1.70. The number of unbranched alkanes of at least 4 members (excludes halogenated alkanes) is 3. The van der Waals surface area contributed by atoms with E-state index >= 15 is 0 Å². The van der Waals surface area contributed by atoms with Gasteiger partial charge < -0.3 is 16.2 Å². The van der Waals surface area contributed by atoms with Crippen molar-refractivity contribution in [1.82, 2.24) is 5.32 Å². The van der Waals surface area contributed by atoms with Gasteiger partial charge in [0.1, 0.15) is 0 Å². The molecule has 4 N–H and O–H groups in total. The zero-order chi connectivity index (χ0) is 10.9. The Morgan fingerprint density at radius 3 is 2.73 bits per heavy atom. The summed E-state index contributed by atoms with van der Waals surface area (Å²) in [7, 11) is 0. The first kappa shape index (κ1) is 12.5. The molecule has 86 valence electrons. The summed E-state index contributed by atoms with van der Waals surface area (Å²) < 4.78 is 0. The lowest BCUT2D eigenvalue weighted by atomic mass is 10.2. The van der Waals surface area contributed by atoms with Gasteiger partial charge in [-0.25, -0.2) is 0 Å². The Morgan fingerprint density at radius 2 is 2.07 bits per heavy atom. The van der Waals surface area contributed by atoms with Gasteiger partial charge in [-0.15, -0.1) is 11.3 Å². The highest BCUT2D eigenvalue weighted by atomic mass is 32.1. The van der Waals surface area contributed by atoms with E-state index in [1.165, 1.54) is 17.7 Å². The Balaban J connectivity index is 1.96. The van der Waals surface area contributed by atoms with Crippen LogP contribution in [-0.2, 0) is 6.54 Å². The Labute approximate surface area is 95.3 Å². The van der Waals surface area contributed by atoms with Crippen molar-refractivity contribution in [3.8, 4) is 0 Å². The molecule has 0 unspecified atom stereocenters. The van der Waals surface area contributed by atoms with Crippen molar-refractivity contribution in [3.05, 3.63) is 16.3 Å². The van der Waals surface area contributed by atoms with Crippen LogP contribution in [0.2, 0.25) is 0 Å². The highest BCUT2D eigenvalue weighted by molar-refractivity contribution is 7.10. The standard InChI is InChI=1S/C11H20N2OS/c12-10-5-8-15-11(10)9-13-6-3-1-2-4-7-14/h5,8,13-14H,1-4,6-7,9,12H2. The number of nitrogens with two attached hydrogens (primary N) is 1. The van der Waals surface area contributed by atoms with E-state index in [1.54, 1.807) is 11.3 Å². The second-order valence-corrected chi connectivity index (χ2v) is 4.61. The van der Waals surface area contributed by atoms with Gasteiger partial charge >= 0.3 is 0 Å². The molecule has 0 aliphatic heterocycles. The van der Waals surface area contributed by atoms with Crippen LogP contribution in [0.25, 0.3) is 0 Å². The highest BCUT2D eigenvalue weighted by Gasteiger charge is 1.98. The zero-order valence-electron chi connectivity index (χ0n) is 9.04. The predicted molar refractivity (Wildman–Crippen MR) is 66.0 cm³/mol. The molecule has 0 saturated carbocycles. The molecule has 3 nitrogen and oxygen atoms in total. The van der Waals surface area contributed by atoms with E-state index in [0.29, 0.717) is 6.61 Å². The largest absolute Gasteiger partial charge is 0.398 e. The van der Waals surface area contributed by atoms with Crippen LogP contribution < -0.4 is 11.1 Å². The summed E-state index contributed by atoms with van der Waals surface area (Å²) in [6, 6.07) is 1.95.